The van der Waals surface area contributed by atoms with E-state index in [0.29, 0.717) is 0 Å². The average molecular weight is 259 g/mol. The molecule has 0 N–H and O–H groups in total. The molecule has 0 aliphatic carbocycles. The Bertz CT molecular complexity index is 431. The maximum atomic E-state index is 12.7. The maximum absolute atomic E-state index is 12.7. The molecule has 0 saturated heterocycles. The molecular formula is C8H3F6NO2. The van der Waals surface area contributed by atoms with E-state index in [1.165, 1.54) is 0 Å². The molecule has 0 fully saturated rings. The highest BCUT2D eigenvalue weighted by Crippen LogP contribution is 2.33. The summed E-state index contributed by atoms with van der Waals surface area (Å²) in [5, 5.41) is 0. The lowest BCUT2D eigenvalue weighted by Gasteiger charge is -2.12. The zero-order valence-electron chi connectivity index (χ0n) is 7.76. The van der Waals surface area contributed by atoms with Crippen molar-refractivity contribution in [3.05, 3.63) is 23.1 Å². The summed E-state index contributed by atoms with van der Waals surface area (Å²) in [6.07, 6.45) is -8.99. The molecule has 1 rings (SSSR count). The Morgan fingerprint density at radius 2 is 1.94 bits per heavy atom. The molecule has 0 amide bonds. The van der Waals surface area contributed by atoms with Crippen LogP contribution in [-0.4, -0.2) is 17.6 Å². The maximum Gasteiger partial charge on any atom is 0.574 e. The van der Waals surface area contributed by atoms with Crippen LogP contribution in [0.25, 0.3) is 0 Å². The van der Waals surface area contributed by atoms with E-state index in [1.54, 1.807) is 0 Å². The third-order valence-electron chi connectivity index (χ3n) is 1.58. The van der Waals surface area contributed by atoms with Crippen LogP contribution in [-0.2, 0) is 0 Å². The van der Waals surface area contributed by atoms with Gasteiger partial charge in [-0.3, -0.25) is 4.79 Å². The van der Waals surface area contributed by atoms with Gasteiger partial charge in [-0.1, -0.05) is 0 Å². The zero-order valence-corrected chi connectivity index (χ0v) is 7.76. The fourth-order valence-corrected chi connectivity index (χ4v) is 1.02. The van der Waals surface area contributed by atoms with Crippen LogP contribution in [0, 0.1) is 5.95 Å². The highest BCUT2D eigenvalue weighted by molar-refractivity contribution is 5.78. The van der Waals surface area contributed by atoms with Crippen molar-refractivity contribution in [1.82, 2.24) is 4.98 Å². The number of aldehydes is 1. The SMILES string of the molecule is O=Cc1cc(F)nc(OC(F)(F)F)c1C(F)F. The van der Waals surface area contributed by atoms with E-state index in [-0.39, 0.29) is 12.4 Å². The molecule has 0 saturated carbocycles. The highest BCUT2D eigenvalue weighted by Gasteiger charge is 2.35. The van der Waals surface area contributed by atoms with E-state index in [4.69, 9.17) is 0 Å². The number of halogens is 6. The number of carbonyl (C=O) groups is 1. The number of carbonyl (C=O) groups excluding carboxylic acids is 1. The predicted molar refractivity (Wildman–Crippen MR) is 41.2 cm³/mol. The highest BCUT2D eigenvalue weighted by atomic mass is 19.4. The molecule has 0 aliphatic heterocycles. The lowest BCUT2D eigenvalue weighted by atomic mass is 10.1. The van der Waals surface area contributed by atoms with Crippen LogP contribution in [0.3, 0.4) is 0 Å². The molecule has 1 aromatic rings. The molecule has 0 aliphatic rings. The van der Waals surface area contributed by atoms with E-state index in [0.717, 1.165) is 0 Å². The van der Waals surface area contributed by atoms with Gasteiger partial charge in [0.2, 0.25) is 11.8 Å². The van der Waals surface area contributed by atoms with Gasteiger partial charge in [-0.2, -0.15) is 9.37 Å². The van der Waals surface area contributed by atoms with Gasteiger partial charge >= 0.3 is 6.36 Å². The minimum atomic E-state index is -5.31. The number of rotatable bonds is 3. The molecule has 17 heavy (non-hydrogen) atoms. The number of alkyl halides is 5. The van der Waals surface area contributed by atoms with Crippen molar-refractivity contribution in [1.29, 1.82) is 0 Å². The number of hydrogen-bond acceptors (Lipinski definition) is 3. The van der Waals surface area contributed by atoms with Crippen molar-refractivity contribution in [2.45, 2.75) is 12.8 Å². The summed E-state index contributed by atoms with van der Waals surface area (Å²) in [4.78, 5) is 12.9. The van der Waals surface area contributed by atoms with Crippen LogP contribution < -0.4 is 4.74 Å². The Labute approximate surface area is 90.0 Å². The minimum Gasteiger partial charge on any atom is -0.387 e. The quantitative estimate of drug-likeness (QED) is 0.476. The molecule has 0 spiro atoms. The lowest BCUT2D eigenvalue weighted by molar-refractivity contribution is -0.276. The molecule has 94 valence electrons. The van der Waals surface area contributed by atoms with Crippen LogP contribution in [0.1, 0.15) is 22.3 Å². The summed E-state index contributed by atoms with van der Waals surface area (Å²) in [6.45, 7) is 0. The number of aromatic nitrogens is 1. The fourth-order valence-electron chi connectivity index (χ4n) is 1.02. The summed E-state index contributed by atoms with van der Waals surface area (Å²) in [5.41, 5.74) is -2.36. The molecule has 3 nitrogen and oxygen atoms in total. The topological polar surface area (TPSA) is 39.2 Å². The molecule has 1 aromatic heterocycles. The van der Waals surface area contributed by atoms with Gasteiger partial charge in [0, 0.05) is 11.6 Å². The molecule has 9 heteroatoms. The Kier molecular flexibility index (Phi) is 3.59. The summed E-state index contributed by atoms with van der Waals surface area (Å²) >= 11 is 0. The van der Waals surface area contributed by atoms with Crippen LogP contribution in [0.15, 0.2) is 6.07 Å². The monoisotopic (exact) mass is 259 g/mol. The van der Waals surface area contributed by atoms with Gasteiger partial charge in [0.25, 0.3) is 6.43 Å². The minimum absolute atomic E-state index is 0.213. The van der Waals surface area contributed by atoms with Gasteiger partial charge in [-0.25, -0.2) is 8.78 Å². The van der Waals surface area contributed by atoms with E-state index in [1.807, 2.05) is 0 Å². The molecule has 0 radical (unpaired) electrons. The van der Waals surface area contributed by atoms with Gasteiger partial charge in [0.15, 0.2) is 6.29 Å². The first-order chi connectivity index (χ1) is 7.74. The van der Waals surface area contributed by atoms with Gasteiger partial charge in [-0.15, -0.1) is 13.2 Å². The number of nitrogens with zero attached hydrogens (tertiary/aromatic N) is 1. The second-order valence-corrected chi connectivity index (χ2v) is 2.72. The molecule has 1 heterocycles. The van der Waals surface area contributed by atoms with Crippen molar-refractivity contribution in [2.75, 3.05) is 0 Å². The van der Waals surface area contributed by atoms with E-state index >= 15 is 0 Å². The summed E-state index contributed by atoms with van der Waals surface area (Å²) in [7, 11) is 0. The Balaban J connectivity index is 3.35. The molecule has 0 atom stereocenters. The smallest absolute Gasteiger partial charge is 0.387 e. The van der Waals surface area contributed by atoms with Crippen molar-refractivity contribution in [3.8, 4) is 5.88 Å². The van der Waals surface area contributed by atoms with E-state index in [9.17, 15) is 31.1 Å². The van der Waals surface area contributed by atoms with Crippen LogP contribution in [0.5, 0.6) is 5.88 Å². The molecular weight excluding hydrogens is 256 g/mol. The molecule has 0 unspecified atom stereocenters. The molecule has 0 aromatic carbocycles. The van der Waals surface area contributed by atoms with E-state index in [2.05, 4.69) is 9.72 Å². The van der Waals surface area contributed by atoms with Gasteiger partial charge in [-0.05, 0) is 0 Å². The third kappa shape index (κ3) is 3.33. The largest absolute Gasteiger partial charge is 0.574 e. The normalized spacial score (nSPS) is 11.7. The fraction of sp³-hybridized carbons (Fsp3) is 0.250. The van der Waals surface area contributed by atoms with Crippen molar-refractivity contribution < 1.29 is 35.9 Å². The Hall–Kier alpha value is -1.80. The third-order valence-corrected chi connectivity index (χ3v) is 1.58. The Morgan fingerprint density at radius 1 is 1.35 bits per heavy atom. The first-order valence-corrected chi connectivity index (χ1v) is 3.94. The van der Waals surface area contributed by atoms with Gasteiger partial charge in [0.05, 0.1) is 5.56 Å². The lowest BCUT2D eigenvalue weighted by Crippen LogP contribution is -2.20. The number of hydrogen-bond donors (Lipinski definition) is 0. The summed E-state index contributed by atoms with van der Waals surface area (Å²) < 4.78 is 76.1. The summed E-state index contributed by atoms with van der Waals surface area (Å²) in [6, 6.07) is 0.289. The second kappa shape index (κ2) is 4.60. The average Bonchev–Trinajstić information content (AvgIpc) is 2.12. The van der Waals surface area contributed by atoms with E-state index < -0.39 is 35.7 Å². The number of pyridine rings is 1. The van der Waals surface area contributed by atoms with Crippen LogP contribution >= 0.6 is 0 Å². The number of ether oxygens (including phenoxy) is 1. The Morgan fingerprint density at radius 3 is 2.35 bits per heavy atom. The zero-order chi connectivity index (χ0) is 13.2. The van der Waals surface area contributed by atoms with Crippen molar-refractivity contribution in [3.63, 3.8) is 0 Å². The first-order valence-electron chi connectivity index (χ1n) is 3.94. The van der Waals surface area contributed by atoms with Crippen LogP contribution in [0.4, 0.5) is 26.3 Å². The van der Waals surface area contributed by atoms with Gasteiger partial charge < -0.3 is 4.74 Å². The first kappa shape index (κ1) is 13.3. The van der Waals surface area contributed by atoms with Crippen molar-refractivity contribution >= 4 is 6.29 Å². The van der Waals surface area contributed by atoms with Crippen LogP contribution in [0.2, 0.25) is 0 Å². The second-order valence-electron chi connectivity index (χ2n) is 2.72. The van der Waals surface area contributed by atoms with Gasteiger partial charge in [0.1, 0.15) is 0 Å². The van der Waals surface area contributed by atoms with Crippen molar-refractivity contribution in [2.24, 2.45) is 0 Å². The predicted octanol–water partition coefficient (Wildman–Crippen LogP) is 2.87. The standard InChI is InChI=1S/C8H3F6NO2/c9-4-1-3(2-16)5(6(10)11)7(15-4)17-8(12,13)14/h1-2,6H. The molecule has 0 bridgehead atoms. The summed E-state index contributed by atoms with van der Waals surface area (Å²) in [5.74, 6) is -3.20.